The Labute approximate surface area is 257 Å². The van der Waals surface area contributed by atoms with Crippen LogP contribution in [-0.2, 0) is 20.9 Å². The number of carbonyl (C=O) groups is 3. The Balaban J connectivity index is 1.58. The van der Waals surface area contributed by atoms with Crippen molar-refractivity contribution >= 4 is 46.8 Å². The summed E-state index contributed by atoms with van der Waals surface area (Å²) in [7, 11) is 0. The first kappa shape index (κ1) is 30.4. The van der Waals surface area contributed by atoms with Crippen molar-refractivity contribution in [3.05, 3.63) is 90.5 Å². The minimum atomic E-state index is -0.875. The van der Waals surface area contributed by atoms with Crippen molar-refractivity contribution in [3.8, 4) is 0 Å². The molecule has 5 rings (SSSR count). The third kappa shape index (κ3) is 4.87. The molecule has 3 amide bonds. The predicted octanol–water partition coefficient (Wildman–Crippen LogP) is 4.94. The fourth-order valence-electron chi connectivity index (χ4n) is 7.22. The van der Waals surface area contributed by atoms with Gasteiger partial charge in [0.15, 0.2) is 0 Å². The van der Waals surface area contributed by atoms with Crippen LogP contribution in [0.3, 0.4) is 0 Å². The predicted molar refractivity (Wildman–Crippen MR) is 168 cm³/mol. The number of rotatable bonds is 11. The summed E-state index contributed by atoms with van der Waals surface area (Å²) in [4.78, 5) is 48.5. The summed E-state index contributed by atoms with van der Waals surface area (Å²) in [5.74, 6) is -1.95. The van der Waals surface area contributed by atoms with Crippen LogP contribution in [0.15, 0.2) is 79.9 Å². The van der Waals surface area contributed by atoms with Gasteiger partial charge in [0.1, 0.15) is 6.04 Å². The minimum Gasteiger partial charge on any atom is -0.394 e. The van der Waals surface area contributed by atoms with E-state index in [-0.39, 0.29) is 30.9 Å². The van der Waals surface area contributed by atoms with Gasteiger partial charge in [-0.25, -0.2) is 0 Å². The average Bonchev–Trinajstić information content (AvgIpc) is 3.56. The molecule has 9 heteroatoms. The van der Waals surface area contributed by atoms with Gasteiger partial charge < -0.3 is 19.8 Å². The van der Waals surface area contributed by atoms with Gasteiger partial charge in [-0.05, 0) is 44.4 Å². The summed E-state index contributed by atoms with van der Waals surface area (Å²) in [5.41, 5.74) is 1.52. The third-order valence-corrected chi connectivity index (χ3v) is 11.4. The van der Waals surface area contributed by atoms with Gasteiger partial charge in [-0.1, -0.05) is 66.2 Å². The molecule has 3 fully saturated rings. The van der Waals surface area contributed by atoms with Gasteiger partial charge in [0.05, 0.1) is 39.9 Å². The molecule has 2 aromatic rings. The Morgan fingerprint density at radius 2 is 1.76 bits per heavy atom. The highest BCUT2D eigenvalue weighted by atomic mass is 35.5. The number of anilines is 1. The number of para-hydroxylation sites is 1. The molecule has 2 bridgehead atoms. The van der Waals surface area contributed by atoms with Crippen molar-refractivity contribution in [2.75, 3.05) is 24.6 Å². The number of likely N-dealkylation sites (tertiary alicyclic amines) is 1. The minimum absolute atomic E-state index is 0.104. The molecule has 0 radical (unpaired) electrons. The van der Waals surface area contributed by atoms with Crippen LogP contribution in [0.5, 0.6) is 0 Å². The number of fused-ring (bicyclic) bond motifs is 1. The molecule has 0 saturated carbocycles. The van der Waals surface area contributed by atoms with E-state index in [0.717, 1.165) is 5.56 Å². The Hall–Kier alpha value is -3.07. The first-order valence-electron chi connectivity index (χ1n) is 14.4. The van der Waals surface area contributed by atoms with E-state index in [1.54, 1.807) is 63.7 Å². The normalized spacial score (nSPS) is 28.3. The van der Waals surface area contributed by atoms with Gasteiger partial charge in [-0.15, -0.1) is 24.9 Å². The van der Waals surface area contributed by atoms with E-state index in [9.17, 15) is 19.5 Å². The van der Waals surface area contributed by atoms with Crippen LogP contribution in [0.1, 0.15) is 32.3 Å². The first-order valence-corrected chi connectivity index (χ1v) is 15.6. The fraction of sp³-hybridized carbons (Fsp3) is 0.424. The molecular weight excluding hydrogens is 570 g/mol. The van der Waals surface area contributed by atoms with Crippen LogP contribution in [0, 0.1) is 11.8 Å². The maximum atomic E-state index is 14.7. The first-order chi connectivity index (χ1) is 20.1. The second-order valence-electron chi connectivity index (χ2n) is 11.7. The zero-order valence-electron chi connectivity index (χ0n) is 24.1. The van der Waals surface area contributed by atoms with Crippen LogP contribution < -0.4 is 4.90 Å². The number of aliphatic hydroxyl groups is 1. The monoisotopic (exact) mass is 607 g/mol. The second-order valence-corrected chi connectivity index (χ2v) is 14.0. The Bertz CT molecular complexity index is 1390. The van der Waals surface area contributed by atoms with Gasteiger partial charge in [0.2, 0.25) is 11.8 Å². The SMILES string of the molecule is C=CCN(Cc1ccccc1)C(=O)[C@@H]1[C@H]2C(=O)N([C@H](C)CO)C(C(=O)N(CC=C)c3ccccc3Cl)C23CC[C@@]1(C)S3. The average molecular weight is 608 g/mol. The lowest BCUT2D eigenvalue weighted by Gasteiger charge is -2.39. The van der Waals surface area contributed by atoms with E-state index in [1.807, 2.05) is 36.4 Å². The number of carbonyl (C=O) groups excluding carboxylic acids is 3. The summed E-state index contributed by atoms with van der Waals surface area (Å²) in [6.07, 6.45) is 4.66. The summed E-state index contributed by atoms with van der Waals surface area (Å²) in [6, 6.07) is 15.4. The topological polar surface area (TPSA) is 81.2 Å². The Morgan fingerprint density at radius 3 is 2.40 bits per heavy atom. The van der Waals surface area contributed by atoms with E-state index in [2.05, 4.69) is 20.1 Å². The zero-order chi connectivity index (χ0) is 30.2. The number of aliphatic hydroxyl groups excluding tert-OH is 1. The fourth-order valence-corrected chi connectivity index (χ4v) is 9.79. The maximum absolute atomic E-state index is 14.7. The number of nitrogens with zero attached hydrogens (tertiary/aromatic N) is 3. The molecule has 1 spiro atoms. The number of halogens is 1. The van der Waals surface area contributed by atoms with Gasteiger partial charge in [-0.3, -0.25) is 14.4 Å². The highest BCUT2D eigenvalue weighted by Crippen LogP contribution is 2.72. The van der Waals surface area contributed by atoms with E-state index >= 15 is 0 Å². The molecule has 0 aliphatic carbocycles. The van der Waals surface area contributed by atoms with Crippen molar-refractivity contribution < 1.29 is 19.5 Å². The molecule has 0 aromatic heterocycles. The number of amides is 3. The summed E-state index contributed by atoms with van der Waals surface area (Å²) in [6.45, 7) is 12.2. The lowest BCUT2D eigenvalue weighted by Crippen LogP contribution is -2.57. The molecule has 1 N–H and O–H groups in total. The van der Waals surface area contributed by atoms with Crippen LogP contribution in [-0.4, -0.2) is 73.9 Å². The molecule has 3 aliphatic rings. The van der Waals surface area contributed by atoms with Crippen molar-refractivity contribution in [2.24, 2.45) is 11.8 Å². The quantitative estimate of drug-likeness (QED) is 0.366. The molecule has 2 unspecified atom stereocenters. The molecule has 3 saturated heterocycles. The zero-order valence-corrected chi connectivity index (χ0v) is 25.7. The van der Waals surface area contributed by atoms with Crippen LogP contribution in [0.25, 0.3) is 0 Å². The molecule has 7 nitrogen and oxygen atoms in total. The molecule has 3 heterocycles. The second kappa shape index (κ2) is 11.9. The van der Waals surface area contributed by atoms with Crippen molar-refractivity contribution in [2.45, 2.75) is 54.8 Å². The largest absolute Gasteiger partial charge is 0.394 e. The van der Waals surface area contributed by atoms with Gasteiger partial charge in [0.25, 0.3) is 5.91 Å². The van der Waals surface area contributed by atoms with Gasteiger partial charge in [0, 0.05) is 24.4 Å². The molecule has 3 aliphatic heterocycles. The standard InChI is InChI=1S/C33H38ClN3O4S/c1-5-18-35(20-23-12-8-7-9-13-23)29(39)26-27-30(40)37(22(3)21-38)28(33(27)17-16-32(26,4)42-33)31(41)36(19-6-2)25-15-11-10-14-24(25)34/h5-15,22,26-28,38H,1-2,16-21H2,3-4H3/t22-,26+,27+,28?,32-,33?/m1/s1. The van der Waals surface area contributed by atoms with E-state index in [0.29, 0.717) is 36.6 Å². The van der Waals surface area contributed by atoms with Crippen LogP contribution in [0.2, 0.25) is 5.02 Å². The van der Waals surface area contributed by atoms with E-state index < -0.39 is 33.4 Å². The molecular formula is C33H38ClN3O4S. The Kier molecular flexibility index (Phi) is 8.61. The lowest BCUT2D eigenvalue weighted by molar-refractivity contribution is -0.146. The summed E-state index contributed by atoms with van der Waals surface area (Å²) >= 11 is 8.17. The van der Waals surface area contributed by atoms with Crippen molar-refractivity contribution in [1.29, 1.82) is 0 Å². The third-order valence-electron chi connectivity index (χ3n) is 9.05. The number of benzene rings is 2. The van der Waals surface area contributed by atoms with Gasteiger partial charge in [-0.2, -0.15) is 0 Å². The smallest absolute Gasteiger partial charge is 0.251 e. The highest BCUT2D eigenvalue weighted by Gasteiger charge is 2.78. The maximum Gasteiger partial charge on any atom is 0.251 e. The van der Waals surface area contributed by atoms with Crippen LogP contribution >= 0.6 is 23.4 Å². The van der Waals surface area contributed by atoms with Crippen LogP contribution in [0.4, 0.5) is 5.69 Å². The Morgan fingerprint density at radius 1 is 1.10 bits per heavy atom. The van der Waals surface area contributed by atoms with E-state index in [4.69, 9.17) is 11.6 Å². The van der Waals surface area contributed by atoms with Crippen molar-refractivity contribution in [1.82, 2.24) is 9.80 Å². The molecule has 6 atom stereocenters. The molecule has 222 valence electrons. The molecule has 2 aromatic carbocycles. The highest BCUT2D eigenvalue weighted by molar-refractivity contribution is 8.02. The number of hydrogen-bond donors (Lipinski definition) is 1. The summed E-state index contributed by atoms with van der Waals surface area (Å²) in [5, 5.41) is 10.7. The van der Waals surface area contributed by atoms with Gasteiger partial charge >= 0.3 is 0 Å². The van der Waals surface area contributed by atoms with Crippen molar-refractivity contribution in [3.63, 3.8) is 0 Å². The lowest BCUT2D eigenvalue weighted by atomic mass is 9.66. The van der Waals surface area contributed by atoms with E-state index in [1.165, 1.54) is 0 Å². The number of thioether (sulfide) groups is 1. The molecule has 42 heavy (non-hydrogen) atoms. The number of hydrogen-bond acceptors (Lipinski definition) is 5. The summed E-state index contributed by atoms with van der Waals surface area (Å²) < 4.78 is -1.34.